The van der Waals surface area contributed by atoms with Gasteiger partial charge in [0.2, 0.25) is 0 Å². The maximum atomic E-state index is 12.3. The fourth-order valence-corrected chi connectivity index (χ4v) is 2.43. The second-order valence-electron chi connectivity index (χ2n) is 5.26. The average Bonchev–Trinajstić information content (AvgIpc) is 2.64. The van der Waals surface area contributed by atoms with Crippen LogP contribution in [0, 0.1) is 0 Å². The van der Waals surface area contributed by atoms with Gasteiger partial charge in [-0.2, -0.15) is 0 Å². The third kappa shape index (κ3) is 4.72. The first-order chi connectivity index (χ1) is 12.1. The van der Waals surface area contributed by atoms with E-state index in [0.29, 0.717) is 33.7 Å². The first-order valence-corrected chi connectivity index (χ1v) is 8.25. The highest BCUT2D eigenvalue weighted by Crippen LogP contribution is 2.25. The van der Waals surface area contributed by atoms with E-state index in [4.69, 9.17) is 27.9 Å². The van der Waals surface area contributed by atoms with E-state index in [9.17, 15) is 4.79 Å². The van der Waals surface area contributed by atoms with Crippen molar-refractivity contribution in [2.45, 2.75) is 6.61 Å². The topological polar surface area (TPSA) is 51.2 Å². The molecule has 1 heterocycles. The maximum absolute atomic E-state index is 12.3. The first kappa shape index (κ1) is 17.3. The maximum Gasteiger partial charge on any atom is 0.255 e. The Bertz CT molecular complexity index is 868. The molecule has 25 heavy (non-hydrogen) atoms. The average molecular weight is 373 g/mol. The standard InChI is InChI=1S/C19H14Cl2N2O2/c20-17-8-5-15(10-18(17)21)23-19(24)14-3-6-16(7-4-14)25-12-13-2-1-9-22-11-13/h1-11H,12H2,(H,23,24). The molecule has 0 radical (unpaired) electrons. The summed E-state index contributed by atoms with van der Waals surface area (Å²) in [4.78, 5) is 16.3. The Morgan fingerprint density at radius 1 is 1.04 bits per heavy atom. The summed E-state index contributed by atoms with van der Waals surface area (Å²) in [5.74, 6) is 0.437. The minimum Gasteiger partial charge on any atom is -0.489 e. The number of hydrogen-bond acceptors (Lipinski definition) is 3. The smallest absolute Gasteiger partial charge is 0.255 e. The van der Waals surface area contributed by atoms with Gasteiger partial charge in [-0.1, -0.05) is 29.3 Å². The Hall–Kier alpha value is -2.56. The van der Waals surface area contributed by atoms with Gasteiger partial charge in [0.05, 0.1) is 10.0 Å². The molecule has 0 fully saturated rings. The van der Waals surface area contributed by atoms with Gasteiger partial charge in [-0.05, 0) is 48.5 Å². The molecule has 2 aromatic carbocycles. The molecule has 4 nitrogen and oxygen atoms in total. The monoisotopic (exact) mass is 372 g/mol. The second-order valence-corrected chi connectivity index (χ2v) is 6.07. The molecule has 6 heteroatoms. The SMILES string of the molecule is O=C(Nc1ccc(Cl)c(Cl)c1)c1ccc(OCc2cccnc2)cc1. The number of carbonyl (C=O) groups excluding carboxylic acids is 1. The van der Waals surface area contributed by atoms with Gasteiger partial charge in [-0.15, -0.1) is 0 Å². The molecule has 0 aliphatic carbocycles. The summed E-state index contributed by atoms with van der Waals surface area (Å²) in [6.07, 6.45) is 3.46. The van der Waals surface area contributed by atoms with Gasteiger partial charge in [-0.25, -0.2) is 0 Å². The van der Waals surface area contributed by atoms with Crippen LogP contribution in [0.15, 0.2) is 67.0 Å². The number of aromatic nitrogens is 1. The zero-order chi connectivity index (χ0) is 17.6. The van der Waals surface area contributed by atoms with E-state index < -0.39 is 0 Å². The van der Waals surface area contributed by atoms with E-state index in [1.54, 1.807) is 54.9 Å². The molecule has 0 spiro atoms. The molecule has 126 valence electrons. The summed E-state index contributed by atoms with van der Waals surface area (Å²) >= 11 is 11.8. The Morgan fingerprint density at radius 2 is 1.84 bits per heavy atom. The van der Waals surface area contributed by atoms with Crippen molar-refractivity contribution in [3.05, 3.63) is 88.2 Å². The molecule has 0 aliphatic rings. The van der Waals surface area contributed by atoms with Crippen molar-refractivity contribution in [1.82, 2.24) is 4.98 Å². The molecule has 1 N–H and O–H groups in total. The summed E-state index contributed by atoms with van der Waals surface area (Å²) in [6.45, 7) is 0.419. The van der Waals surface area contributed by atoms with E-state index in [-0.39, 0.29) is 5.91 Å². The summed E-state index contributed by atoms with van der Waals surface area (Å²) in [7, 11) is 0. The quantitative estimate of drug-likeness (QED) is 0.667. The van der Waals surface area contributed by atoms with Gasteiger partial charge in [-0.3, -0.25) is 9.78 Å². The molecule has 0 unspecified atom stereocenters. The third-order valence-corrected chi connectivity index (χ3v) is 4.16. The van der Waals surface area contributed by atoms with E-state index in [0.717, 1.165) is 5.56 Å². The van der Waals surface area contributed by atoms with Crippen molar-refractivity contribution in [2.24, 2.45) is 0 Å². The van der Waals surface area contributed by atoms with E-state index >= 15 is 0 Å². The Morgan fingerprint density at radius 3 is 2.52 bits per heavy atom. The zero-order valence-corrected chi connectivity index (χ0v) is 14.6. The number of rotatable bonds is 5. The predicted octanol–water partition coefficient (Wildman–Crippen LogP) is 5.22. The third-order valence-electron chi connectivity index (χ3n) is 3.42. The van der Waals surface area contributed by atoms with Crippen LogP contribution in [-0.2, 0) is 6.61 Å². The normalized spacial score (nSPS) is 10.3. The van der Waals surface area contributed by atoms with Crippen molar-refractivity contribution < 1.29 is 9.53 Å². The lowest BCUT2D eigenvalue weighted by Crippen LogP contribution is -2.11. The molecule has 0 bridgehead atoms. The Balaban J connectivity index is 1.61. The summed E-state index contributed by atoms with van der Waals surface area (Å²) in [5, 5.41) is 3.60. The molecule has 1 aromatic heterocycles. The van der Waals surface area contributed by atoms with Crippen molar-refractivity contribution in [2.75, 3.05) is 5.32 Å². The van der Waals surface area contributed by atoms with Gasteiger partial charge in [0, 0.05) is 29.2 Å². The van der Waals surface area contributed by atoms with Crippen LogP contribution in [0.3, 0.4) is 0 Å². The molecule has 3 rings (SSSR count). The lowest BCUT2D eigenvalue weighted by molar-refractivity contribution is 0.102. The number of ether oxygens (including phenoxy) is 1. The van der Waals surface area contributed by atoms with Gasteiger partial charge >= 0.3 is 0 Å². The second kappa shape index (κ2) is 8.01. The predicted molar refractivity (Wildman–Crippen MR) is 99.4 cm³/mol. The van der Waals surface area contributed by atoms with Gasteiger partial charge in [0.1, 0.15) is 12.4 Å². The largest absolute Gasteiger partial charge is 0.489 e. The Labute approximate surface area is 155 Å². The van der Waals surface area contributed by atoms with E-state index in [1.165, 1.54) is 0 Å². The zero-order valence-electron chi connectivity index (χ0n) is 13.1. The molecular weight excluding hydrogens is 359 g/mol. The van der Waals surface area contributed by atoms with Crippen LogP contribution in [0.1, 0.15) is 15.9 Å². The summed E-state index contributed by atoms with van der Waals surface area (Å²) in [5.41, 5.74) is 2.07. The molecule has 0 atom stereocenters. The van der Waals surface area contributed by atoms with Crippen LogP contribution in [0.25, 0.3) is 0 Å². The molecule has 0 saturated heterocycles. The highest BCUT2D eigenvalue weighted by molar-refractivity contribution is 6.42. The number of anilines is 1. The highest BCUT2D eigenvalue weighted by atomic mass is 35.5. The van der Waals surface area contributed by atoms with E-state index in [2.05, 4.69) is 10.3 Å². The number of benzene rings is 2. The molecule has 0 saturated carbocycles. The molecule has 0 aliphatic heterocycles. The van der Waals surface area contributed by atoms with Crippen LogP contribution >= 0.6 is 23.2 Å². The van der Waals surface area contributed by atoms with Gasteiger partial charge in [0.25, 0.3) is 5.91 Å². The van der Waals surface area contributed by atoms with Gasteiger partial charge in [0.15, 0.2) is 0 Å². The fourth-order valence-electron chi connectivity index (χ4n) is 2.13. The minimum atomic E-state index is -0.239. The Kier molecular flexibility index (Phi) is 5.53. The number of halogens is 2. The highest BCUT2D eigenvalue weighted by Gasteiger charge is 2.08. The minimum absolute atomic E-state index is 0.239. The first-order valence-electron chi connectivity index (χ1n) is 7.50. The number of nitrogens with one attached hydrogen (secondary N) is 1. The van der Waals surface area contributed by atoms with Crippen LogP contribution in [0.4, 0.5) is 5.69 Å². The lowest BCUT2D eigenvalue weighted by Gasteiger charge is -2.08. The number of amides is 1. The number of carbonyl (C=O) groups is 1. The molecule has 1 amide bonds. The van der Waals surface area contributed by atoms with E-state index in [1.807, 2.05) is 12.1 Å². The van der Waals surface area contributed by atoms with Crippen LogP contribution in [0.5, 0.6) is 5.75 Å². The number of pyridine rings is 1. The van der Waals surface area contributed by atoms with Crippen molar-refractivity contribution in [3.63, 3.8) is 0 Å². The number of hydrogen-bond donors (Lipinski definition) is 1. The number of nitrogens with zero attached hydrogens (tertiary/aromatic N) is 1. The van der Waals surface area contributed by atoms with Crippen LogP contribution in [0.2, 0.25) is 10.0 Å². The van der Waals surface area contributed by atoms with Crippen molar-refractivity contribution >= 4 is 34.8 Å². The molecule has 3 aromatic rings. The summed E-state index contributed by atoms with van der Waals surface area (Å²) < 4.78 is 5.67. The van der Waals surface area contributed by atoms with Crippen LogP contribution < -0.4 is 10.1 Å². The molecular formula is C19H14Cl2N2O2. The van der Waals surface area contributed by atoms with Gasteiger partial charge < -0.3 is 10.1 Å². The van der Waals surface area contributed by atoms with Crippen molar-refractivity contribution in [1.29, 1.82) is 0 Å². The summed E-state index contributed by atoms with van der Waals surface area (Å²) in [6, 6.07) is 15.6. The van der Waals surface area contributed by atoms with Crippen molar-refractivity contribution in [3.8, 4) is 5.75 Å². The fraction of sp³-hybridized carbons (Fsp3) is 0.0526. The van der Waals surface area contributed by atoms with Crippen LogP contribution in [-0.4, -0.2) is 10.9 Å². The lowest BCUT2D eigenvalue weighted by atomic mass is 10.2.